The summed E-state index contributed by atoms with van der Waals surface area (Å²) in [5.74, 6) is -0.981. The second-order valence-corrected chi connectivity index (χ2v) is 8.98. The first-order chi connectivity index (χ1) is 17.6. The Bertz CT molecular complexity index is 1310. The minimum Gasteiger partial charge on any atom is -0.382 e. The van der Waals surface area contributed by atoms with E-state index in [2.05, 4.69) is 25.9 Å². The van der Waals surface area contributed by atoms with Crippen LogP contribution in [0.4, 0.5) is 19.0 Å². The number of rotatable bonds is 6. The fraction of sp³-hybridized carbons (Fsp3) is 0.280. The molecule has 2 heterocycles. The highest BCUT2D eigenvalue weighted by Crippen LogP contribution is 2.31. The van der Waals surface area contributed by atoms with E-state index in [1.807, 2.05) is 0 Å². The van der Waals surface area contributed by atoms with Crippen LogP contribution in [0.5, 0.6) is 0 Å². The zero-order valence-corrected chi connectivity index (χ0v) is 20.3. The number of nitrogens with one attached hydrogen (secondary N) is 3. The van der Waals surface area contributed by atoms with E-state index in [0.29, 0.717) is 17.8 Å². The van der Waals surface area contributed by atoms with Crippen LogP contribution < -0.4 is 21.7 Å². The maximum Gasteiger partial charge on any atom is 0.416 e. The Morgan fingerprint density at radius 2 is 1.97 bits per heavy atom. The van der Waals surface area contributed by atoms with Gasteiger partial charge in [-0.05, 0) is 55.3 Å². The standard InChI is InChI=1S/C25H24ClF3N6O2/c26-19-7-6-17(25(27,28)29)10-16(19)11-33-23(36)15-4-1-3-14(9-15)20-13-32-22(30)21(35-20)24(37)34-18-5-2-8-31-12-18/h1,3-4,6-7,9-10,13,18,31H,2,5,8,11-12H2,(H2,30,32)(H,33,36)(H,34,37)/t18-/m0/s1. The fourth-order valence-electron chi connectivity index (χ4n) is 3.92. The van der Waals surface area contributed by atoms with E-state index in [4.69, 9.17) is 17.3 Å². The van der Waals surface area contributed by atoms with E-state index in [1.165, 1.54) is 12.3 Å². The van der Waals surface area contributed by atoms with Crippen molar-refractivity contribution in [2.24, 2.45) is 0 Å². The topological polar surface area (TPSA) is 122 Å². The number of aromatic nitrogens is 2. The number of nitrogen functional groups attached to an aromatic ring is 1. The lowest BCUT2D eigenvalue weighted by molar-refractivity contribution is -0.137. The molecule has 1 saturated heterocycles. The smallest absolute Gasteiger partial charge is 0.382 e. The number of anilines is 1. The molecule has 12 heteroatoms. The van der Waals surface area contributed by atoms with Gasteiger partial charge in [0.15, 0.2) is 11.5 Å². The first-order valence-electron chi connectivity index (χ1n) is 11.5. The molecule has 0 aliphatic carbocycles. The molecule has 0 radical (unpaired) electrons. The highest BCUT2D eigenvalue weighted by molar-refractivity contribution is 6.31. The van der Waals surface area contributed by atoms with Crippen LogP contribution in [-0.4, -0.2) is 40.9 Å². The number of nitrogens with zero attached hydrogens (tertiary/aromatic N) is 2. The Hall–Kier alpha value is -3.70. The fourth-order valence-corrected chi connectivity index (χ4v) is 4.10. The molecular weight excluding hydrogens is 509 g/mol. The van der Waals surface area contributed by atoms with Crippen molar-refractivity contribution >= 4 is 29.2 Å². The van der Waals surface area contributed by atoms with Crippen molar-refractivity contribution in [3.63, 3.8) is 0 Å². The van der Waals surface area contributed by atoms with Gasteiger partial charge in [0.25, 0.3) is 11.8 Å². The summed E-state index contributed by atoms with van der Waals surface area (Å²) < 4.78 is 39.0. The molecule has 1 fully saturated rings. The van der Waals surface area contributed by atoms with Crippen molar-refractivity contribution in [3.8, 4) is 11.3 Å². The molecule has 0 unspecified atom stereocenters. The van der Waals surface area contributed by atoms with Gasteiger partial charge in [-0.2, -0.15) is 13.2 Å². The predicted octanol–water partition coefficient (Wildman–Crippen LogP) is 3.81. The summed E-state index contributed by atoms with van der Waals surface area (Å²) in [7, 11) is 0. The average molecular weight is 533 g/mol. The highest BCUT2D eigenvalue weighted by Gasteiger charge is 2.31. The van der Waals surface area contributed by atoms with Crippen LogP contribution in [0.15, 0.2) is 48.7 Å². The van der Waals surface area contributed by atoms with E-state index in [-0.39, 0.29) is 40.2 Å². The first-order valence-corrected chi connectivity index (χ1v) is 11.9. The van der Waals surface area contributed by atoms with E-state index >= 15 is 0 Å². The Labute approximate surface area is 215 Å². The van der Waals surface area contributed by atoms with Gasteiger partial charge in [0, 0.05) is 35.3 Å². The molecule has 1 atom stereocenters. The van der Waals surface area contributed by atoms with Gasteiger partial charge < -0.3 is 21.7 Å². The number of amides is 2. The van der Waals surface area contributed by atoms with Gasteiger partial charge in [-0.25, -0.2) is 9.97 Å². The molecule has 4 rings (SSSR count). The molecule has 1 aliphatic heterocycles. The number of benzene rings is 2. The first kappa shape index (κ1) is 26.4. The van der Waals surface area contributed by atoms with Gasteiger partial charge in [-0.3, -0.25) is 9.59 Å². The van der Waals surface area contributed by atoms with Gasteiger partial charge in [0.05, 0.1) is 17.5 Å². The normalized spacial score (nSPS) is 15.7. The molecule has 0 saturated carbocycles. The summed E-state index contributed by atoms with van der Waals surface area (Å²) in [6.07, 6.45) is -1.34. The largest absolute Gasteiger partial charge is 0.416 e. The Morgan fingerprint density at radius 3 is 2.70 bits per heavy atom. The number of carbonyl (C=O) groups is 2. The van der Waals surface area contributed by atoms with Crippen molar-refractivity contribution in [1.29, 1.82) is 0 Å². The Kier molecular flexibility index (Phi) is 7.94. The summed E-state index contributed by atoms with van der Waals surface area (Å²) in [5, 5.41) is 8.81. The lowest BCUT2D eigenvalue weighted by Gasteiger charge is -2.23. The molecule has 0 spiro atoms. The second kappa shape index (κ2) is 11.1. The highest BCUT2D eigenvalue weighted by atomic mass is 35.5. The van der Waals surface area contributed by atoms with Gasteiger partial charge >= 0.3 is 6.18 Å². The molecule has 37 heavy (non-hydrogen) atoms. The molecule has 1 aliphatic rings. The average Bonchev–Trinajstić information content (AvgIpc) is 2.88. The maximum absolute atomic E-state index is 13.0. The van der Waals surface area contributed by atoms with Gasteiger partial charge in [0.2, 0.25) is 0 Å². The van der Waals surface area contributed by atoms with E-state index in [9.17, 15) is 22.8 Å². The number of piperidine rings is 1. The summed E-state index contributed by atoms with van der Waals surface area (Å²) in [6.45, 7) is 1.36. The number of hydrogen-bond donors (Lipinski definition) is 4. The number of carbonyl (C=O) groups excluding carboxylic acids is 2. The van der Waals surface area contributed by atoms with Crippen LogP contribution >= 0.6 is 11.6 Å². The van der Waals surface area contributed by atoms with Crippen LogP contribution in [0.2, 0.25) is 5.02 Å². The zero-order valence-electron chi connectivity index (χ0n) is 19.5. The van der Waals surface area contributed by atoms with Crippen molar-refractivity contribution in [1.82, 2.24) is 25.9 Å². The maximum atomic E-state index is 13.0. The van der Waals surface area contributed by atoms with Crippen LogP contribution in [0.25, 0.3) is 11.3 Å². The molecule has 2 aromatic carbocycles. The van der Waals surface area contributed by atoms with Crippen LogP contribution in [-0.2, 0) is 12.7 Å². The summed E-state index contributed by atoms with van der Waals surface area (Å²) in [6, 6.07) is 9.27. The number of halogens is 4. The SMILES string of the molecule is Nc1ncc(-c2cccc(C(=O)NCc3cc(C(F)(F)F)ccc3Cl)c2)nc1C(=O)N[C@H]1CCCNC1. The lowest BCUT2D eigenvalue weighted by atomic mass is 10.1. The minimum absolute atomic E-state index is 0.0166. The number of hydrogen-bond acceptors (Lipinski definition) is 6. The van der Waals surface area contributed by atoms with Crippen LogP contribution in [0.3, 0.4) is 0 Å². The predicted molar refractivity (Wildman–Crippen MR) is 133 cm³/mol. The van der Waals surface area contributed by atoms with E-state index < -0.39 is 23.6 Å². The van der Waals surface area contributed by atoms with Crippen molar-refractivity contribution in [2.75, 3.05) is 18.8 Å². The molecule has 194 valence electrons. The molecule has 5 N–H and O–H groups in total. The lowest BCUT2D eigenvalue weighted by Crippen LogP contribution is -2.46. The molecule has 8 nitrogen and oxygen atoms in total. The van der Waals surface area contributed by atoms with E-state index in [1.54, 1.807) is 18.2 Å². The number of nitrogens with two attached hydrogens (primary N) is 1. The van der Waals surface area contributed by atoms with Crippen LogP contribution in [0, 0.1) is 0 Å². The summed E-state index contributed by atoms with van der Waals surface area (Å²) in [5.41, 5.74) is 6.23. The number of alkyl halides is 3. The van der Waals surface area contributed by atoms with Crippen molar-refractivity contribution in [3.05, 3.63) is 76.1 Å². The van der Waals surface area contributed by atoms with Crippen molar-refractivity contribution < 1.29 is 22.8 Å². The molecule has 2 amide bonds. The summed E-state index contributed by atoms with van der Waals surface area (Å²) in [4.78, 5) is 34.0. The third-order valence-corrected chi connectivity index (χ3v) is 6.25. The zero-order chi connectivity index (χ0) is 26.6. The molecule has 0 bridgehead atoms. The third-order valence-electron chi connectivity index (χ3n) is 5.88. The molecule has 3 aromatic rings. The molecular formula is C25H24ClF3N6O2. The summed E-state index contributed by atoms with van der Waals surface area (Å²) >= 11 is 6.02. The van der Waals surface area contributed by atoms with Crippen LogP contribution in [0.1, 0.15) is 44.8 Å². The van der Waals surface area contributed by atoms with Gasteiger partial charge in [0.1, 0.15) is 0 Å². The van der Waals surface area contributed by atoms with E-state index in [0.717, 1.165) is 37.6 Å². The Balaban J connectivity index is 1.49. The monoisotopic (exact) mass is 532 g/mol. The third kappa shape index (κ3) is 6.55. The van der Waals surface area contributed by atoms with Crippen molar-refractivity contribution in [2.45, 2.75) is 31.6 Å². The van der Waals surface area contributed by atoms with Gasteiger partial charge in [-0.15, -0.1) is 0 Å². The quantitative estimate of drug-likeness (QED) is 0.383. The van der Waals surface area contributed by atoms with Gasteiger partial charge in [-0.1, -0.05) is 23.7 Å². The second-order valence-electron chi connectivity index (χ2n) is 8.57. The minimum atomic E-state index is -4.53. The molecule has 1 aromatic heterocycles. The Morgan fingerprint density at radius 1 is 1.16 bits per heavy atom.